The summed E-state index contributed by atoms with van der Waals surface area (Å²) >= 11 is 0. The van der Waals surface area contributed by atoms with Crippen molar-refractivity contribution in [1.29, 1.82) is 0 Å². The fourth-order valence-corrected chi connectivity index (χ4v) is 1.35. The smallest absolute Gasteiger partial charge is 0.326 e. The number of hydrogen-bond donors (Lipinski definition) is 4. The van der Waals surface area contributed by atoms with Gasteiger partial charge < -0.3 is 20.8 Å². The highest BCUT2D eigenvalue weighted by Gasteiger charge is 2.18. The third-order valence-corrected chi connectivity index (χ3v) is 2.33. The van der Waals surface area contributed by atoms with Crippen LogP contribution >= 0.6 is 0 Å². The molecule has 6 nitrogen and oxygen atoms in total. The van der Waals surface area contributed by atoms with Gasteiger partial charge in [-0.1, -0.05) is 17.7 Å². The Morgan fingerprint density at radius 1 is 1.28 bits per heavy atom. The maximum absolute atomic E-state index is 11.5. The number of aliphatic carboxylic acids is 1. The van der Waals surface area contributed by atoms with Crippen molar-refractivity contribution in [3.05, 3.63) is 29.8 Å². The molecule has 0 heterocycles. The van der Waals surface area contributed by atoms with E-state index in [1.165, 1.54) is 0 Å². The van der Waals surface area contributed by atoms with Crippen molar-refractivity contribution in [2.45, 2.75) is 19.4 Å². The lowest BCUT2D eigenvalue weighted by Gasteiger charge is -2.14. The number of aliphatic hydroxyl groups excluding tert-OH is 1. The molecule has 0 spiro atoms. The number of aryl methyl sites for hydroxylation is 1. The van der Waals surface area contributed by atoms with E-state index in [-0.39, 0.29) is 13.0 Å². The van der Waals surface area contributed by atoms with Gasteiger partial charge in [-0.25, -0.2) is 9.59 Å². The van der Waals surface area contributed by atoms with Crippen LogP contribution in [0.3, 0.4) is 0 Å². The lowest BCUT2D eigenvalue weighted by Crippen LogP contribution is -2.43. The van der Waals surface area contributed by atoms with Crippen molar-refractivity contribution < 1.29 is 19.8 Å². The van der Waals surface area contributed by atoms with Crippen molar-refractivity contribution in [3.8, 4) is 0 Å². The Hall–Kier alpha value is -2.08. The molecule has 6 heteroatoms. The molecular formula is C12H16N2O4. The molecule has 0 radical (unpaired) electrons. The summed E-state index contributed by atoms with van der Waals surface area (Å²) in [6.45, 7) is 1.62. The van der Waals surface area contributed by atoms with Gasteiger partial charge in [-0.15, -0.1) is 0 Å². The summed E-state index contributed by atoms with van der Waals surface area (Å²) in [5.74, 6) is -1.18. The molecule has 0 aliphatic heterocycles. The molecule has 4 N–H and O–H groups in total. The number of amides is 2. The summed E-state index contributed by atoms with van der Waals surface area (Å²) in [4.78, 5) is 22.3. The fraction of sp³-hybridized carbons (Fsp3) is 0.333. The monoisotopic (exact) mass is 252 g/mol. The SMILES string of the molecule is Cc1ccc(NC(=O)N[C@@H](CCO)C(=O)O)cc1. The van der Waals surface area contributed by atoms with Crippen LogP contribution in [0.25, 0.3) is 0 Å². The summed E-state index contributed by atoms with van der Waals surface area (Å²) in [5, 5.41) is 22.3. The highest BCUT2D eigenvalue weighted by Crippen LogP contribution is 2.08. The van der Waals surface area contributed by atoms with E-state index in [4.69, 9.17) is 10.2 Å². The Kier molecular flexibility index (Phi) is 5.13. The number of carboxylic acids is 1. The number of hydrogen-bond acceptors (Lipinski definition) is 3. The van der Waals surface area contributed by atoms with Crippen LogP contribution in [0, 0.1) is 6.92 Å². The second-order valence-corrected chi connectivity index (χ2v) is 3.87. The molecule has 0 bridgehead atoms. The number of carbonyl (C=O) groups excluding carboxylic acids is 1. The molecule has 18 heavy (non-hydrogen) atoms. The molecule has 1 atom stereocenters. The number of urea groups is 1. The van der Waals surface area contributed by atoms with E-state index in [9.17, 15) is 9.59 Å². The predicted molar refractivity (Wildman–Crippen MR) is 66.5 cm³/mol. The standard InChI is InChI=1S/C12H16N2O4/c1-8-2-4-9(5-3-8)13-12(18)14-10(6-7-15)11(16)17/h2-5,10,15H,6-7H2,1H3,(H,16,17)(H2,13,14,18)/t10-/m0/s1. The van der Waals surface area contributed by atoms with Crippen LogP contribution in [0.4, 0.5) is 10.5 Å². The van der Waals surface area contributed by atoms with Gasteiger partial charge in [0.1, 0.15) is 6.04 Å². The van der Waals surface area contributed by atoms with Crippen molar-refractivity contribution in [2.75, 3.05) is 11.9 Å². The van der Waals surface area contributed by atoms with Crippen molar-refractivity contribution in [2.24, 2.45) is 0 Å². The van der Waals surface area contributed by atoms with E-state index < -0.39 is 18.0 Å². The van der Waals surface area contributed by atoms with Crippen LogP contribution in [0.2, 0.25) is 0 Å². The van der Waals surface area contributed by atoms with Crippen LogP contribution in [-0.2, 0) is 4.79 Å². The van der Waals surface area contributed by atoms with E-state index in [1.807, 2.05) is 19.1 Å². The van der Waals surface area contributed by atoms with E-state index in [0.717, 1.165) is 5.56 Å². The van der Waals surface area contributed by atoms with Crippen LogP contribution in [0.5, 0.6) is 0 Å². The van der Waals surface area contributed by atoms with Crippen molar-refractivity contribution in [3.63, 3.8) is 0 Å². The molecule has 0 fully saturated rings. The van der Waals surface area contributed by atoms with Gasteiger partial charge in [0.15, 0.2) is 0 Å². The molecule has 0 unspecified atom stereocenters. The first-order valence-corrected chi connectivity index (χ1v) is 5.51. The number of benzene rings is 1. The average Bonchev–Trinajstić information content (AvgIpc) is 2.31. The van der Waals surface area contributed by atoms with Crippen molar-refractivity contribution >= 4 is 17.7 Å². The lowest BCUT2D eigenvalue weighted by molar-refractivity contribution is -0.139. The van der Waals surface area contributed by atoms with E-state index >= 15 is 0 Å². The number of anilines is 1. The van der Waals surface area contributed by atoms with Gasteiger partial charge in [0.2, 0.25) is 0 Å². The molecule has 2 amide bonds. The van der Waals surface area contributed by atoms with Crippen LogP contribution in [-0.4, -0.2) is 34.9 Å². The third-order valence-electron chi connectivity index (χ3n) is 2.33. The van der Waals surface area contributed by atoms with Gasteiger partial charge in [0, 0.05) is 18.7 Å². The van der Waals surface area contributed by atoms with Gasteiger partial charge in [-0.3, -0.25) is 0 Å². The minimum Gasteiger partial charge on any atom is -0.480 e. The maximum atomic E-state index is 11.5. The van der Waals surface area contributed by atoms with Gasteiger partial charge in [0.05, 0.1) is 0 Å². The highest BCUT2D eigenvalue weighted by atomic mass is 16.4. The summed E-state index contributed by atoms with van der Waals surface area (Å²) in [6.07, 6.45) is -0.0311. The summed E-state index contributed by atoms with van der Waals surface area (Å²) < 4.78 is 0. The average molecular weight is 252 g/mol. The number of carbonyl (C=O) groups is 2. The second-order valence-electron chi connectivity index (χ2n) is 3.87. The molecule has 1 aromatic carbocycles. The Balaban J connectivity index is 2.54. The number of rotatable bonds is 5. The normalized spacial score (nSPS) is 11.7. The number of aliphatic hydroxyl groups is 1. The minimum absolute atomic E-state index is 0.0311. The molecule has 0 aliphatic carbocycles. The first kappa shape index (κ1) is 14.0. The van der Waals surface area contributed by atoms with E-state index in [1.54, 1.807) is 12.1 Å². The van der Waals surface area contributed by atoms with Gasteiger partial charge in [-0.05, 0) is 19.1 Å². The summed E-state index contributed by atoms with van der Waals surface area (Å²) in [5.41, 5.74) is 1.64. The second kappa shape index (κ2) is 6.61. The van der Waals surface area contributed by atoms with Crippen LogP contribution < -0.4 is 10.6 Å². The van der Waals surface area contributed by atoms with Gasteiger partial charge in [-0.2, -0.15) is 0 Å². The minimum atomic E-state index is -1.18. The molecule has 1 aromatic rings. The van der Waals surface area contributed by atoms with Crippen LogP contribution in [0.15, 0.2) is 24.3 Å². The largest absolute Gasteiger partial charge is 0.480 e. The number of carboxylic acid groups (broad SMARTS) is 1. The Bertz CT molecular complexity index is 417. The first-order chi connectivity index (χ1) is 8.52. The Morgan fingerprint density at radius 2 is 1.89 bits per heavy atom. The molecule has 0 aliphatic rings. The molecule has 0 saturated heterocycles. The quantitative estimate of drug-likeness (QED) is 0.627. The molecular weight excluding hydrogens is 236 g/mol. The van der Waals surface area contributed by atoms with Crippen LogP contribution in [0.1, 0.15) is 12.0 Å². The zero-order valence-electron chi connectivity index (χ0n) is 10.0. The number of nitrogens with one attached hydrogen (secondary N) is 2. The first-order valence-electron chi connectivity index (χ1n) is 5.51. The Morgan fingerprint density at radius 3 is 2.39 bits per heavy atom. The third kappa shape index (κ3) is 4.42. The Labute approximate surface area is 105 Å². The molecule has 0 saturated carbocycles. The molecule has 1 rings (SSSR count). The van der Waals surface area contributed by atoms with E-state index in [2.05, 4.69) is 10.6 Å². The molecule has 98 valence electrons. The zero-order chi connectivity index (χ0) is 13.5. The maximum Gasteiger partial charge on any atom is 0.326 e. The predicted octanol–water partition coefficient (Wildman–Crippen LogP) is 0.952. The van der Waals surface area contributed by atoms with Crippen molar-refractivity contribution in [1.82, 2.24) is 5.32 Å². The zero-order valence-corrected chi connectivity index (χ0v) is 10.0. The lowest BCUT2D eigenvalue weighted by atomic mass is 10.2. The molecule has 0 aromatic heterocycles. The fourth-order valence-electron chi connectivity index (χ4n) is 1.35. The summed E-state index contributed by atoms with van der Waals surface area (Å²) in [6, 6.07) is 5.39. The summed E-state index contributed by atoms with van der Waals surface area (Å²) in [7, 11) is 0. The van der Waals surface area contributed by atoms with E-state index in [0.29, 0.717) is 5.69 Å². The van der Waals surface area contributed by atoms with Gasteiger partial charge in [0.25, 0.3) is 0 Å². The van der Waals surface area contributed by atoms with Gasteiger partial charge >= 0.3 is 12.0 Å². The topological polar surface area (TPSA) is 98.7 Å². The highest BCUT2D eigenvalue weighted by molar-refractivity contribution is 5.92.